The molecular formula is C17H25N3O3S2. The van der Waals surface area contributed by atoms with Crippen molar-refractivity contribution in [3.8, 4) is 0 Å². The van der Waals surface area contributed by atoms with Crippen LogP contribution in [-0.4, -0.2) is 36.8 Å². The van der Waals surface area contributed by atoms with Crippen molar-refractivity contribution in [3.05, 3.63) is 24.3 Å². The number of piperidine rings is 1. The van der Waals surface area contributed by atoms with E-state index in [1.165, 1.54) is 4.31 Å². The van der Waals surface area contributed by atoms with E-state index in [4.69, 9.17) is 12.2 Å². The van der Waals surface area contributed by atoms with Gasteiger partial charge in [0, 0.05) is 24.2 Å². The van der Waals surface area contributed by atoms with Gasteiger partial charge < -0.3 is 10.6 Å². The van der Waals surface area contributed by atoms with Gasteiger partial charge in [0.05, 0.1) is 4.90 Å². The minimum absolute atomic E-state index is 0.186. The van der Waals surface area contributed by atoms with Gasteiger partial charge in [0.15, 0.2) is 5.11 Å². The lowest BCUT2D eigenvalue weighted by Gasteiger charge is -2.26. The smallest absolute Gasteiger partial charge is 0.243 e. The first kappa shape index (κ1) is 19.8. The van der Waals surface area contributed by atoms with Gasteiger partial charge in [0.2, 0.25) is 15.9 Å². The summed E-state index contributed by atoms with van der Waals surface area (Å²) in [5.74, 6) is -0.186. The molecule has 1 aliphatic rings. The van der Waals surface area contributed by atoms with Gasteiger partial charge in [0.1, 0.15) is 0 Å². The summed E-state index contributed by atoms with van der Waals surface area (Å²) in [5, 5.41) is 5.70. The first-order valence-corrected chi connectivity index (χ1v) is 10.2. The Kier molecular flexibility index (Phi) is 6.18. The second-order valence-electron chi connectivity index (χ2n) is 7.15. The number of hydrogen-bond donors (Lipinski definition) is 2. The lowest BCUT2D eigenvalue weighted by atomic mass is 9.96. The van der Waals surface area contributed by atoms with E-state index >= 15 is 0 Å². The highest BCUT2D eigenvalue weighted by atomic mass is 32.2. The van der Waals surface area contributed by atoms with Gasteiger partial charge in [-0.3, -0.25) is 4.79 Å². The van der Waals surface area contributed by atoms with Crippen LogP contribution in [0.1, 0.15) is 40.0 Å². The summed E-state index contributed by atoms with van der Waals surface area (Å²) >= 11 is 5.12. The molecule has 1 aliphatic heterocycles. The monoisotopic (exact) mass is 383 g/mol. The molecule has 1 saturated heterocycles. The van der Waals surface area contributed by atoms with Crippen LogP contribution in [-0.2, 0) is 14.8 Å². The van der Waals surface area contributed by atoms with Crippen LogP contribution in [0.4, 0.5) is 5.69 Å². The van der Waals surface area contributed by atoms with E-state index in [0.29, 0.717) is 18.8 Å². The zero-order chi connectivity index (χ0) is 18.7. The highest BCUT2D eigenvalue weighted by molar-refractivity contribution is 7.89. The third kappa shape index (κ3) is 5.23. The summed E-state index contributed by atoms with van der Waals surface area (Å²) in [5.41, 5.74) is 0.0785. The number of nitrogens with one attached hydrogen (secondary N) is 2. The van der Waals surface area contributed by atoms with E-state index in [9.17, 15) is 13.2 Å². The van der Waals surface area contributed by atoms with Gasteiger partial charge in [-0.1, -0.05) is 27.2 Å². The number of carbonyl (C=O) groups excluding carboxylic acids is 1. The van der Waals surface area contributed by atoms with Gasteiger partial charge >= 0.3 is 0 Å². The van der Waals surface area contributed by atoms with Gasteiger partial charge in [-0.05, 0) is 49.3 Å². The normalized spacial score (nSPS) is 16.3. The Labute approximate surface area is 155 Å². The molecule has 1 aromatic carbocycles. The highest BCUT2D eigenvalue weighted by Crippen LogP contribution is 2.22. The fourth-order valence-electron chi connectivity index (χ4n) is 2.42. The Hall–Kier alpha value is -1.51. The molecular weight excluding hydrogens is 358 g/mol. The summed E-state index contributed by atoms with van der Waals surface area (Å²) in [4.78, 5) is 12.2. The first-order valence-electron chi connectivity index (χ1n) is 8.33. The topological polar surface area (TPSA) is 78.5 Å². The number of carbonyl (C=O) groups is 1. The highest BCUT2D eigenvalue weighted by Gasteiger charge is 2.26. The maximum Gasteiger partial charge on any atom is 0.243 e. The molecule has 1 heterocycles. The number of benzene rings is 1. The molecule has 2 N–H and O–H groups in total. The summed E-state index contributed by atoms with van der Waals surface area (Å²) in [6, 6.07) is 6.40. The summed E-state index contributed by atoms with van der Waals surface area (Å²) in [6.07, 6.45) is 2.88. The fourth-order valence-corrected chi connectivity index (χ4v) is 4.15. The number of anilines is 1. The van der Waals surface area contributed by atoms with Crippen LogP contribution < -0.4 is 10.6 Å². The first-order chi connectivity index (χ1) is 11.6. The molecule has 2 rings (SSSR count). The van der Waals surface area contributed by atoms with Crippen molar-refractivity contribution in [3.63, 3.8) is 0 Å². The average molecular weight is 384 g/mol. The Morgan fingerprint density at radius 3 is 2.16 bits per heavy atom. The summed E-state index contributed by atoms with van der Waals surface area (Å²) < 4.78 is 26.7. The van der Waals surface area contributed by atoms with Crippen LogP contribution >= 0.6 is 12.2 Å². The minimum Gasteiger partial charge on any atom is -0.332 e. The van der Waals surface area contributed by atoms with E-state index in [2.05, 4.69) is 10.6 Å². The predicted octanol–water partition coefficient (Wildman–Crippen LogP) is 2.72. The number of nitrogens with zero attached hydrogens (tertiary/aromatic N) is 1. The number of thiocarbonyl (C=S) groups is 1. The molecule has 1 aromatic rings. The third-order valence-corrected chi connectivity index (χ3v) is 6.09. The van der Waals surface area contributed by atoms with Crippen molar-refractivity contribution in [2.45, 2.75) is 44.9 Å². The Bertz CT molecular complexity index is 731. The summed E-state index contributed by atoms with van der Waals surface area (Å²) in [6.45, 7) is 6.54. The second-order valence-corrected chi connectivity index (χ2v) is 9.49. The van der Waals surface area contributed by atoms with Gasteiger partial charge in [-0.15, -0.1) is 0 Å². The Balaban J connectivity index is 2.02. The zero-order valence-corrected chi connectivity index (χ0v) is 16.5. The van der Waals surface area contributed by atoms with E-state index < -0.39 is 15.4 Å². The molecule has 25 heavy (non-hydrogen) atoms. The maximum absolute atomic E-state index is 12.6. The largest absolute Gasteiger partial charge is 0.332 e. The molecule has 0 unspecified atom stereocenters. The van der Waals surface area contributed by atoms with Gasteiger partial charge in [-0.2, -0.15) is 4.31 Å². The molecule has 6 nitrogen and oxygen atoms in total. The minimum atomic E-state index is -3.44. The van der Waals surface area contributed by atoms with Crippen LogP contribution in [0.5, 0.6) is 0 Å². The third-order valence-electron chi connectivity index (χ3n) is 3.97. The molecule has 0 atom stereocenters. The van der Waals surface area contributed by atoms with Crippen LogP contribution in [0.2, 0.25) is 0 Å². The number of amides is 1. The Morgan fingerprint density at radius 1 is 1.08 bits per heavy atom. The fraction of sp³-hybridized carbons (Fsp3) is 0.529. The number of rotatable bonds is 3. The molecule has 0 aliphatic carbocycles. The molecule has 1 fully saturated rings. The maximum atomic E-state index is 12.6. The SMILES string of the molecule is CC(C)(C)C(=O)NC(=S)Nc1ccc(S(=O)(=O)N2CCCCC2)cc1. The van der Waals surface area contributed by atoms with Crippen LogP contribution in [0.25, 0.3) is 0 Å². The standard InChI is InChI=1S/C17H25N3O3S2/c1-17(2,3)15(21)19-16(24)18-13-7-9-14(10-8-13)25(22,23)20-11-5-4-6-12-20/h7-10H,4-6,11-12H2,1-3H3,(H2,18,19,21,24). The van der Waals surface area contributed by atoms with E-state index in [0.717, 1.165) is 19.3 Å². The molecule has 8 heteroatoms. The lowest BCUT2D eigenvalue weighted by molar-refractivity contribution is -0.126. The molecule has 138 valence electrons. The van der Waals surface area contributed by atoms with Crippen molar-refractivity contribution in [2.75, 3.05) is 18.4 Å². The molecule has 1 amide bonds. The lowest BCUT2D eigenvalue weighted by Crippen LogP contribution is -2.41. The quantitative estimate of drug-likeness (QED) is 0.785. The van der Waals surface area contributed by atoms with Crippen molar-refractivity contribution < 1.29 is 13.2 Å². The average Bonchev–Trinajstić information content (AvgIpc) is 2.55. The predicted molar refractivity (Wildman–Crippen MR) is 103 cm³/mol. The van der Waals surface area contributed by atoms with Crippen molar-refractivity contribution in [1.29, 1.82) is 0 Å². The van der Waals surface area contributed by atoms with Gasteiger partial charge in [-0.25, -0.2) is 8.42 Å². The van der Waals surface area contributed by atoms with Gasteiger partial charge in [0.25, 0.3) is 0 Å². The van der Waals surface area contributed by atoms with E-state index in [1.807, 2.05) is 0 Å². The van der Waals surface area contributed by atoms with Crippen molar-refractivity contribution in [1.82, 2.24) is 9.62 Å². The Morgan fingerprint density at radius 2 is 1.64 bits per heavy atom. The van der Waals surface area contributed by atoms with Crippen molar-refractivity contribution in [2.24, 2.45) is 5.41 Å². The zero-order valence-electron chi connectivity index (χ0n) is 14.8. The molecule has 0 radical (unpaired) electrons. The van der Waals surface area contributed by atoms with E-state index in [1.54, 1.807) is 45.0 Å². The van der Waals surface area contributed by atoms with E-state index in [-0.39, 0.29) is 15.9 Å². The van der Waals surface area contributed by atoms with Crippen LogP contribution in [0, 0.1) is 5.41 Å². The van der Waals surface area contributed by atoms with Crippen molar-refractivity contribution >= 4 is 38.9 Å². The molecule has 0 aromatic heterocycles. The van der Waals surface area contributed by atoms with Crippen LogP contribution in [0.3, 0.4) is 0 Å². The molecule has 0 saturated carbocycles. The van der Waals surface area contributed by atoms with Crippen LogP contribution in [0.15, 0.2) is 29.2 Å². The number of sulfonamides is 1. The number of hydrogen-bond acceptors (Lipinski definition) is 4. The molecule has 0 bridgehead atoms. The second kappa shape index (κ2) is 7.80. The molecule has 0 spiro atoms. The summed E-state index contributed by atoms with van der Waals surface area (Å²) in [7, 11) is -3.44.